The van der Waals surface area contributed by atoms with Gasteiger partial charge in [0.15, 0.2) is 0 Å². The van der Waals surface area contributed by atoms with Gasteiger partial charge in [-0.2, -0.15) is 0 Å². The molecule has 1 fully saturated rings. The number of hydrogen-bond acceptors (Lipinski definition) is 3. The smallest absolute Gasteiger partial charge is 0.211 e. The summed E-state index contributed by atoms with van der Waals surface area (Å²) >= 11 is 0. The Labute approximate surface area is 118 Å². The van der Waals surface area contributed by atoms with Gasteiger partial charge in [-0.15, -0.1) is 0 Å². The highest BCUT2D eigenvalue weighted by molar-refractivity contribution is 7.89. The fourth-order valence-electron chi connectivity index (χ4n) is 2.69. The van der Waals surface area contributed by atoms with Gasteiger partial charge in [-0.3, -0.25) is 0 Å². The van der Waals surface area contributed by atoms with Crippen LogP contribution < -0.4 is 10.0 Å². The molecule has 0 aromatic rings. The third-order valence-electron chi connectivity index (χ3n) is 3.76. The first kappa shape index (κ1) is 16.9. The maximum atomic E-state index is 12.0. The summed E-state index contributed by atoms with van der Waals surface area (Å²) in [7, 11) is -3.09. The minimum Gasteiger partial charge on any atom is -0.317 e. The minimum absolute atomic E-state index is 0.151. The number of sulfonamides is 1. The molecule has 0 radical (unpaired) electrons. The first-order valence-electron chi connectivity index (χ1n) is 7.55. The van der Waals surface area contributed by atoms with E-state index in [2.05, 4.69) is 30.8 Å². The van der Waals surface area contributed by atoms with E-state index < -0.39 is 10.0 Å². The van der Waals surface area contributed by atoms with E-state index in [4.69, 9.17) is 0 Å². The van der Waals surface area contributed by atoms with Crippen molar-refractivity contribution in [3.05, 3.63) is 0 Å². The fourth-order valence-corrected chi connectivity index (χ4v) is 4.10. The van der Waals surface area contributed by atoms with Crippen molar-refractivity contribution >= 4 is 10.0 Å². The van der Waals surface area contributed by atoms with Crippen LogP contribution in [0.25, 0.3) is 0 Å². The van der Waals surface area contributed by atoms with E-state index in [1.165, 1.54) is 0 Å². The molecule has 19 heavy (non-hydrogen) atoms. The van der Waals surface area contributed by atoms with Crippen molar-refractivity contribution in [2.75, 3.05) is 18.8 Å². The van der Waals surface area contributed by atoms with Crippen LogP contribution in [0.15, 0.2) is 0 Å². The summed E-state index contributed by atoms with van der Waals surface area (Å²) in [5.41, 5.74) is 0.289. The first-order chi connectivity index (χ1) is 8.85. The predicted molar refractivity (Wildman–Crippen MR) is 80.7 cm³/mol. The molecule has 1 unspecified atom stereocenters. The molecule has 0 spiro atoms. The predicted octanol–water partition coefficient (Wildman–Crippen LogP) is 2.26. The Hall–Kier alpha value is -0.130. The highest BCUT2D eigenvalue weighted by Crippen LogP contribution is 2.37. The first-order valence-corrected chi connectivity index (χ1v) is 9.20. The second kappa shape index (κ2) is 7.60. The summed E-state index contributed by atoms with van der Waals surface area (Å²) in [6, 6.07) is 0.151. The molecule has 114 valence electrons. The third-order valence-corrected chi connectivity index (χ3v) is 5.28. The molecule has 1 saturated carbocycles. The summed E-state index contributed by atoms with van der Waals surface area (Å²) in [6.07, 6.45) is 5.84. The zero-order chi connectivity index (χ0) is 14.4. The Bertz CT molecular complexity index is 352. The molecule has 1 atom stereocenters. The minimum atomic E-state index is -3.09. The largest absolute Gasteiger partial charge is 0.317 e. The van der Waals surface area contributed by atoms with Gasteiger partial charge in [-0.25, -0.2) is 13.1 Å². The Kier molecular flexibility index (Phi) is 6.77. The quantitative estimate of drug-likeness (QED) is 0.640. The molecule has 0 heterocycles. The molecule has 0 aromatic carbocycles. The fraction of sp³-hybridized carbons (Fsp3) is 1.00. The third kappa shape index (κ3) is 7.28. The van der Waals surface area contributed by atoms with Gasteiger partial charge < -0.3 is 5.32 Å². The number of hydrogen-bond donors (Lipinski definition) is 2. The monoisotopic (exact) mass is 290 g/mol. The molecule has 4 nitrogen and oxygen atoms in total. The van der Waals surface area contributed by atoms with E-state index in [0.717, 1.165) is 51.6 Å². The molecule has 1 aliphatic rings. The lowest BCUT2D eigenvalue weighted by Gasteiger charge is -2.17. The normalized spacial score (nSPS) is 22.8. The van der Waals surface area contributed by atoms with Crippen molar-refractivity contribution < 1.29 is 8.42 Å². The van der Waals surface area contributed by atoms with E-state index in [1.807, 2.05) is 0 Å². The summed E-state index contributed by atoms with van der Waals surface area (Å²) < 4.78 is 26.8. The lowest BCUT2D eigenvalue weighted by Crippen LogP contribution is -2.35. The average Bonchev–Trinajstić information content (AvgIpc) is 2.62. The van der Waals surface area contributed by atoms with Crippen LogP contribution in [0.1, 0.15) is 59.3 Å². The molecular weight excluding hydrogens is 260 g/mol. The molecule has 2 N–H and O–H groups in total. The molecule has 0 amide bonds. The van der Waals surface area contributed by atoms with E-state index in [0.29, 0.717) is 0 Å². The van der Waals surface area contributed by atoms with Gasteiger partial charge in [0, 0.05) is 6.04 Å². The van der Waals surface area contributed by atoms with Crippen molar-refractivity contribution in [2.45, 2.75) is 65.3 Å². The molecular formula is C14H30N2O2S. The summed E-state index contributed by atoms with van der Waals surface area (Å²) in [6.45, 7) is 8.48. The average molecular weight is 290 g/mol. The van der Waals surface area contributed by atoms with Gasteiger partial charge in [-0.1, -0.05) is 20.8 Å². The van der Waals surface area contributed by atoms with Crippen LogP contribution in [0.4, 0.5) is 0 Å². The van der Waals surface area contributed by atoms with Crippen molar-refractivity contribution in [3.8, 4) is 0 Å². The maximum absolute atomic E-state index is 12.0. The van der Waals surface area contributed by atoms with Crippen molar-refractivity contribution in [2.24, 2.45) is 5.41 Å². The summed E-state index contributed by atoms with van der Waals surface area (Å²) in [5, 5.41) is 3.29. The van der Waals surface area contributed by atoms with Crippen LogP contribution in [0.3, 0.4) is 0 Å². The molecule has 0 aliphatic heterocycles. The van der Waals surface area contributed by atoms with Crippen LogP contribution in [0.2, 0.25) is 0 Å². The highest BCUT2D eigenvalue weighted by atomic mass is 32.2. The molecule has 5 heteroatoms. The lowest BCUT2D eigenvalue weighted by atomic mass is 9.92. The topological polar surface area (TPSA) is 58.2 Å². The number of nitrogens with one attached hydrogen (secondary N) is 2. The number of rotatable bonds is 9. The molecule has 0 bridgehead atoms. The van der Waals surface area contributed by atoms with E-state index in [1.54, 1.807) is 0 Å². The Balaban J connectivity index is 2.18. The van der Waals surface area contributed by atoms with Crippen molar-refractivity contribution in [1.29, 1.82) is 0 Å². The van der Waals surface area contributed by atoms with Crippen molar-refractivity contribution in [1.82, 2.24) is 10.0 Å². The van der Waals surface area contributed by atoms with Gasteiger partial charge in [0.25, 0.3) is 0 Å². The summed E-state index contributed by atoms with van der Waals surface area (Å²) in [4.78, 5) is 0. The summed E-state index contributed by atoms with van der Waals surface area (Å²) in [5.74, 6) is 0.262. The number of unbranched alkanes of at least 4 members (excludes halogenated alkanes) is 1. The standard InChI is InChI=1S/C14H30N2O2S/c1-4-9-15-10-5-6-11-19(17,18)16-13-7-8-14(2,3)12-13/h13,15-16H,4-12H2,1-3H3. The highest BCUT2D eigenvalue weighted by Gasteiger charge is 2.32. The molecule has 1 rings (SSSR count). The molecule has 0 aromatic heterocycles. The maximum Gasteiger partial charge on any atom is 0.211 e. The van der Waals surface area contributed by atoms with E-state index in [9.17, 15) is 8.42 Å². The van der Waals surface area contributed by atoms with Crippen LogP contribution in [0.5, 0.6) is 0 Å². The van der Waals surface area contributed by atoms with Crippen LogP contribution >= 0.6 is 0 Å². The van der Waals surface area contributed by atoms with E-state index >= 15 is 0 Å². The zero-order valence-corrected chi connectivity index (χ0v) is 13.5. The van der Waals surface area contributed by atoms with E-state index in [-0.39, 0.29) is 17.2 Å². The van der Waals surface area contributed by atoms with Crippen LogP contribution in [-0.2, 0) is 10.0 Å². The van der Waals surface area contributed by atoms with Gasteiger partial charge in [0.1, 0.15) is 0 Å². The Morgan fingerprint density at radius 2 is 1.95 bits per heavy atom. The Morgan fingerprint density at radius 1 is 1.21 bits per heavy atom. The molecule has 0 saturated heterocycles. The molecule has 1 aliphatic carbocycles. The van der Waals surface area contributed by atoms with Gasteiger partial charge in [0.05, 0.1) is 5.75 Å². The lowest BCUT2D eigenvalue weighted by molar-refractivity contribution is 0.372. The van der Waals surface area contributed by atoms with Gasteiger partial charge in [-0.05, 0) is 57.0 Å². The SMILES string of the molecule is CCCNCCCCS(=O)(=O)NC1CCC(C)(C)C1. The second-order valence-electron chi connectivity index (χ2n) is 6.50. The second-order valence-corrected chi connectivity index (χ2v) is 8.37. The van der Waals surface area contributed by atoms with Gasteiger partial charge in [0.2, 0.25) is 10.0 Å². The van der Waals surface area contributed by atoms with Crippen LogP contribution in [-0.4, -0.2) is 33.3 Å². The van der Waals surface area contributed by atoms with Gasteiger partial charge >= 0.3 is 0 Å². The Morgan fingerprint density at radius 3 is 2.53 bits per heavy atom. The zero-order valence-electron chi connectivity index (χ0n) is 12.7. The van der Waals surface area contributed by atoms with Crippen LogP contribution in [0, 0.1) is 5.41 Å². The van der Waals surface area contributed by atoms with Crippen molar-refractivity contribution in [3.63, 3.8) is 0 Å².